The first-order chi connectivity index (χ1) is 5.72. The summed E-state index contributed by atoms with van der Waals surface area (Å²) in [5.41, 5.74) is 0. The van der Waals surface area contributed by atoms with E-state index in [2.05, 4.69) is 24.1 Å². The van der Waals surface area contributed by atoms with Crippen molar-refractivity contribution in [3.8, 4) is 6.08 Å². The van der Waals surface area contributed by atoms with Crippen molar-refractivity contribution in [3.63, 3.8) is 0 Å². The van der Waals surface area contributed by atoms with Crippen LogP contribution in [-0.4, -0.2) is 28.5 Å². The molecule has 0 radical (unpaired) electrons. The average Bonchev–Trinajstić information content (AvgIpc) is 2.36. The summed E-state index contributed by atoms with van der Waals surface area (Å²) in [5.74, 6) is 0.230. The van der Waals surface area contributed by atoms with Crippen molar-refractivity contribution in [2.45, 2.75) is 6.61 Å². The second-order valence-corrected chi connectivity index (χ2v) is 1.78. The molecule has 0 fully saturated rings. The number of carbonyl (C=O) groups is 1. The minimum atomic E-state index is -1.50. The molecule has 0 atom stereocenters. The Bertz CT molecular complexity index is 271. The van der Waals surface area contributed by atoms with Gasteiger partial charge in [-0.15, -0.1) is 0 Å². The minimum Gasteiger partial charge on any atom is -0.449 e. The molecule has 0 unspecified atom stereocenters. The summed E-state index contributed by atoms with van der Waals surface area (Å²) in [5, 5.41) is 11.5. The Labute approximate surface area is 66.9 Å². The lowest BCUT2D eigenvalue weighted by molar-refractivity contribution is 0.125. The van der Waals surface area contributed by atoms with Crippen LogP contribution in [0.5, 0.6) is 6.08 Å². The maximum Gasteiger partial charge on any atom is 0.514 e. The van der Waals surface area contributed by atoms with Gasteiger partial charge in [0.2, 0.25) is 5.82 Å². The number of aromatic nitrogens is 2. The third-order valence-corrected chi connectivity index (χ3v) is 0.898. The third kappa shape index (κ3) is 2.20. The lowest BCUT2D eigenvalue weighted by Crippen LogP contribution is -2.03. The van der Waals surface area contributed by atoms with E-state index in [-0.39, 0.29) is 12.4 Å². The van der Waals surface area contributed by atoms with E-state index in [1.807, 2.05) is 0 Å². The number of carboxylic acid groups (broad SMARTS) is 1. The highest BCUT2D eigenvalue weighted by Crippen LogP contribution is 2.06. The molecule has 1 heterocycles. The standard InChI is InChI=1S/C5H6N2O5/c1-10-2-3-6-4(12-7-3)11-5(8)9/h2H2,1H3,(H,8,9). The molecule has 0 aliphatic carbocycles. The van der Waals surface area contributed by atoms with Crippen LogP contribution in [0.3, 0.4) is 0 Å². The van der Waals surface area contributed by atoms with Crippen LogP contribution in [0, 0.1) is 0 Å². The highest BCUT2D eigenvalue weighted by molar-refractivity contribution is 5.59. The van der Waals surface area contributed by atoms with Crippen LogP contribution in [0.2, 0.25) is 0 Å². The van der Waals surface area contributed by atoms with Gasteiger partial charge in [0.1, 0.15) is 6.61 Å². The Balaban J connectivity index is 2.58. The normalized spacial score (nSPS) is 9.75. The molecule has 1 aromatic rings. The lowest BCUT2D eigenvalue weighted by Gasteiger charge is -1.87. The van der Waals surface area contributed by atoms with Gasteiger partial charge in [-0.3, -0.25) is 4.52 Å². The van der Waals surface area contributed by atoms with Crippen molar-refractivity contribution in [1.29, 1.82) is 0 Å². The summed E-state index contributed by atoms with van der Waals surface area (Å²) in [6, 6.07) is 0. The van der Waals surface area contributed by atoms with Gasteiger partial charge in [-0.05, 0) is 0 Å². The van der Waals surface area contributed by atoms with Crippen molar-refractivity contribution in [3.05, 3.63) is 5.82 Å². The van der Waals surface area contributed by atoms with Crippen LogP contribution in [0.4, 0.5) is 4.79 Å². The molecule has 1 N–H and O–H groups in total. The number of hydrogen-bond acceptors (Lipinski definition) is 6. The van der Waals surface area contributed by atoms with Crippen LogP contribution in [0.15, 0.2) is 4.52 Å². The predicted molar refractivity (Wildman–Crippen MR) is 33.7 cm³/mol. The van der Waals surface area contributed by atoms with Gasteiger partial charge in [-0.2, -0.15) is 4.98 Å². The molecule has 12 heavy (non-hydrogen) atoms. The van der Waals surface area contributed by atoms with Crippen molar-refractivity contribution in [2.24, 2.45) is 0 Å². The molecule has 7 nitrogen and oxygen atoms in total. The van der Waals surface area contributed by atoms with E-state index >= 15 is 0 Å². The van der Waals surface area contributed by atoms with Gasteiger partial charge in [0.15, 0.2) is 0 Å². The molecule has 0 saturated heterocycles. The summed E-state index contributed by atoms with van der Waals surface area (Å²) in [4.78, 5) is 13.5. The monoisotopic (exact) mass is 174 g/mol. The first kappa shape index (κ1) is 8.47. The lowest BCUT2D eigenvalue weighted by atomic mass is 10.7. The van der Waals surface area contributed by atoms with Crippen molar-refractivity contribution < 1.29 is 23.9 Å². The van der Waals surface area contributed by atoms with Gasteiger partial charge in [0.25, 0.3) is 0 Å². The van der Waals surface area contributed by atoms with Crippen LogP contribution in [0.25, 0.3) is 0 Å². The largest absolute Gasteiger partial charge is 0.514 e. The number of hydrogen-bond donors (Lipinski definition) is 1. The predicted octanol–water partition coefficient (Wildman–Crippen LogP) is 0.273. The van der Waals surface area contributed by atoms with E-state index in [4.69, 9.17) is 5.11 Å². The fourth-order valence-corrected chi connectivity index (χ4v) is 0.542. The quantitative estimate of drug-likeness (QED) is 0.657. The topological polar surface area (TPSA) is 94.7 Å². The summed E-state index contributed by atoms with van der Waals surface area (Å²) >= 11 is 0. The van der Waals surface area contributed by atoms with E-state index in [0.29, 0.717) is 0 Å². The van der Waals surface area contributed by atoms with Crippen LogP contribution < -0.4 is 4.74 Å². The third-order valence-electron chi connectivity index (χ3n) is 0.898. The van der Waals surface area contributed by atoms with Crippen molar-refractivity contribution >= 4 is 6.16 Å². The average molecular weight is 174 g/mol. The van der Waals surface area contributed by atoms with Crippen LogP contribution in [-0.2, 0) is 11.3 Å². The smallest absolute Gasteiger partial charge is 0.449 e. The first-order valence-corrected chi connectivity index (χ1v) is 2.94. The minimum absolute atomic E-state index is 0.145. The number of methoxy groups -OCH3 is 1. The second-order valence-electron chi connectivity index (χ2n) is 1.78. The van der Waals surface area contributed by atoms with Crippen LogP contribution in [0.1, 0.15) is 5.82 Å². The van der Waals surface area contributed by atoms with E-state index in [9.17, 15) is 4.79 Å². The Kier molecular flexibility index (Phi) is 2.59. The molecule has 7 heteroatoms. The Morgan fingerprint density at radius 1 is 1.75 bits per heavy atom. The summed E-state index contributed by atoms with van der Waals surface area (Å²) in [6.45, 7) is 0.145. The van der Waals surface area contributed by atoms with Gasteiger partial charge in [-0.25, -0.2) is 4.79 Å². The van der Waals surface area contributed by atoms with E-state index in [1.165, 1.54) is 7.11 Å². The van der Waals surface area contributed by atoms with E-state index < -0.39 is 12.2 Å². The maximum absolute atomic E-state index is 9.95. The molecular formula is C5H6N2O5. The fourth-order valence-electron chi connectivity index (χ4n) is 0.542. The molecule has 0 aliphatic heterocycles. The zero-order valence-corrected chi connectivity index (χ0v) is 6.18. The van der Waals surface area contributed by atoms with Gasteiger partial charge in [0.05, 0.1) is 0 Å². The molecule has 0 bridgehead atoms. The van der Waals surface area contributed by atoms with Gasteiger partial charge < -0.3 is 14.6 Å². The Morgan fingerprint density at radius 2 is 2.50 bits per heavy atom. The molecule has 0 aliphatic rings. The zero-order valence-electron chi connectivity index (χ0n) is 6.18. The second kappa shape index (κ2) is 3.67. The molecule has 1 rings (SSSR count). The first-order valence-electron chi connectivity index (χ1n) is 2.94. The number of nitrogens with zero attached hydrogens (tertiary/aromatic N) is 2. The molecule has 0 aromatic carbocycles. The molecular weight excluding hydrogens is 168 g/mol. The molecule has 0 amide bonds. The van der Waals surface area contributed by atoms with Gasteiger partial charge in [-0.1, -0.05) is 5.16 Å². The summed E-state index contributed by atoms with van der Waals surface area (Å²) < 4.78 is 13.1. The number of ether oxygens (including phenoxy) is 2. The van der Waals surface area contributed by atoms with Crippen molar-refractivity contribution in [1.82, 2.24) is 10.1 Å². The summed E-state index contributed by atoms with van der Waals surface area (Å²) in [6.07, 6.45) is -1.91. The fraction of sp³-hybridized carbons (Fsp3) is 0.400. The SMILES string of the molecule is COCc1noc(OC(=O)O)n1. The highest BCUT2D eigenvalue weighted by atomic mass is 16.7. The van der Waals surface area contributed by atoms with Gasteiger partial charge >= 0.3 is 12.2 Å². The molecule has 0 saturated carbocycles. The molecule has 1 aromatic heterocycles. The maximum atomic E-state index is 9.95. The van der Waals surface area contributed by atoms with E-state index in [0.717, 1.165) is 0 Å². The molecule has 66 valence electrons. The molecule has 0 spiro atoms. The number of rotatable bonds is 3. The van der Waals surface area contributed by atoms with E-state index in [1.54, 1.807) is 0 Å². The van der Waals surface area contributed by atoms with Crippen molar-refractivity contribution in [2.75, 3.05) is 7.11 Å². The van der Waals surface area contributed by atoms with Crippen LogP contribution >= 0.6 is 0 Å². The highest BCUT2D eigenvalue weighted by Gasteiger charge is 2.09. The van der Waals surface area contributed by atoms with Gasteiger partial charge in [0, 0.05) is 7.11 Å². The Hall–Kier alpha value is -1.63. The Morgan fingerprint density at radius 3 is 3.08 bits per heavy atom. The summed E-state index contributed by atoms with van der Waals surface area (Å²) in [7, 11) is 1.45. The zero-order chi connectivity index (χ0) is 8.97.